The fourth-order valence-electron chi connectivity index (χ4n) is 9.66. The van der Waals surface area contributed by atoms with Gasteiger partial charge in [-0.2, -0.15) is 0 Å². The molecule has 4 fully saturated rings. The van der Waals surface area contributed by atoms with Crippen LogP contribution in [0.2, 0.25) is 5.82 Å². The third-order valence-corrected chi connectivity index (χ3v) is 13.8. The van der Waals surface area contributed by atoms with Gasteiger partial charge in [-0.1, -0.05) is 116 Å². The van der Waals surface area contributed by atoms with E-state index in [1.54, 1.807) is 6.92 Å². The van der Waals surface area contributed by atoms with E-state index in [2.05, 4.69) is 99.1 Å². The SMILES string of the molecule is CCCCC[C@H](NC(=O)[C@H](C)CC(=O)[C@@H](NC(=O)CCNCc1ccc(-c2ccc(CCCC)cc2)cc1)[C@@H](C)O)C(=O)C[C@@H](C)B1OC2C[C@@H]3C[C@@H](C3(C)C)[C@]2(C)O1. The number of aryl methyl sites for hydroxylation is 1. The summed E-state index contributed by atoms with van der Waals surface area (Å²) < 4.78 is 13.1. The van der Waals surface area contributed by atoms with Crippen LogP contribution in [0.4, 0.5) is 0 Å². The number of carbonyl (C=O) groups is 4. The molecule has 2 amide bonds. The molecule has 2 bridgehead atoms. The van der Waals surface area contributed by atoms with Crippen LogP contribution in [-0.4, -0.2) is 72.0 Å². The Hall–Kier alpha value is -3.38. The number of Topliss-reactive ketones (excluding diaryl/α,β-unsaturated/α-hetero) is 2. The van der Waals surface area contributed by atoms with Gasteiger partial charge in [0.05, 0.1) is 23.9 Å². The molecule has 9 atom stereocenters. The second-order valence-electron chi connectivity index (χ2n) is 18.8. The van der Waals surface area contributed by atoms with Crippen molar-refractivity contribution in [2.45, 2.75) is 175 Å². The van der Waals surface area contributed by atoms with Crippen LogP contribution in [0.3, 0.4) is 0 Å². The smallest absolute Gasteiger partial charge is 0.405 e. The summed E-state index contributed by atoms with van der Waals surface area (Å²) in [6.07, 6.45) is 7.85. The van der Waals surface area contributed by atoms with Crippen molar-refractivity contribution in [3.05, 3.63) is 59.7 Å². The first kappa shape index (κ1) is 46.7. The van der Waals surface area contributed by atoms with E-state index in [0.717, 1.165) is 49.7 Å². The van der Waals surface area contributed by atoms with Crippen molar-refractivity contribution >= 4 is 30.5 Å². The number of nitrogens with one attached hydrogen (secondary N) is 3. The Balaban J connectivity index is 1.05. The molecular weight excluding hydrogens is 741 g/mol. The predicted molar refractivity (Wildman–Crippen MR) is 234 cm³/mol. The van der Waals surface area contributed by atoms with Crippen molar-refractivity contribution in [2.24, 2.45) is 23.2 Å². The molecule has 1 unspecified atom stereocenters. The number of amides is 2. The van der Waals surface area contributed by atoms with Crippen LogP contribution < -0.4 is 16.0 Å². The number of hydrogen-bond donors (Lipinski definition) is 4. The highest BCUT2D eigenvalue weighted by Gasteiger charge is 2.68. The van der Waals surface area contributed by atoms with Crippen LogP contribution >= 0.6 is 0 Å². The number of rotatable bonds is 24. The molecule has 0 spiro atoms. The van der Waals surface area contributed by atoms with Gasteiger partial charge in [0.2, 0.25) is 11.8 Å². The zero-order valence-corrected chi connectivity index (χ0v) is 37.1. The number of carbonyl (C=O) groups excluding carboxylic acids is 4. The second-order valence-corrected chi connectivity index (χ2v) is 18.8. The third-order valence-electron chi connectivity index (χ3n) is 13.8. The largest absolute Gasteiger partial charge is 0.461 e. The van der Waals surface area contributed by atoms with Crippen LogP contribution in [0.1, 0.15) is 137 Å². The molecule has 1 heterocycles. The first-order valence-corrected chi connectivity index (χ1v) is 22.6. The lowest BCUT2D eigenvalue weighted by atomic mass is 9.43. The average Bonchev–Trinajstić information content (AvgIpc) is 3.58. The molecule has 1 saturated heterocycles. The third kappa shape index (κ3) is 11.7. The maximum Gasteiger partial charge on any atom is 0.461 e. The fraction of sp³-hybridized carbons (Fsp3) is 0.667. The highest BCUT2D eigenvalue weighted by atomic mass is 16.7. The summed E-state index contributed by atoms with van der Waals surface area (Å²) in [7, 11) is -0.474. The van der Waals surface area contributed by atoms with Crippen molar-refractivity contribution in [2.75, 3.05) is 6.54 Å². The van der Waals surface area contributed by atoms with Crippen molar-refractivity contribution in [1.29, 1.82) is 0 Å². The number of unbranched alkanes of at least 4 members (excludes halogenated alkanes) is 3. The maximum absolute atomic E-state index is 13.8. The number of aliphatic hydroxyl groups is 1. The van der Waals surface area contributed by atoms with Gasteiger partial charge in [0.25, 0.3) is 0 Å². The highest BCUT2D eigenvalue weighted by molar-refractivity contribution is 6.47. The molecule has 0 aromatic heterocycles. The Kier molecular flexibility index (Phi) is 16.6. The predicted octanol–water partition coefficient (Wildman–Crippen LogP) is 7.78. The number of benzene rings is 2. The lowest BCUT2D eigenvalue weighted by molar-refractivity contribution is -0.199. The lowest BCUT2D eigenvalue weighted by Crippen LogP contribution is -2.65. The first-order valence-electron chi connectivity index (χ1n) is 22.6. The Morgan fingerprint density at radius 2 is 1.47 bits per heavy atom. The number of ketones is 2. The first-order chi connectivity index (χ1) is 28.1. The summed E-state index contributed by atoms with van der Waals surface area (Å²) in [4.78, 5) is 53.6. The molecule has 2 aromatic rings. The maximum atomic E-state index is 13.8. The second kappa shape index (κ2) is 20.9. The zero-order valence-electron chi connectivity index (χ0n) is 37.1. The van der Waals surface area contributed by atoms with Crippen LogP contribution in [-0.2, 0) is 41.5 Å². The van der Waals surface area contributed by atoms with Gasteiger partial charge in [-0.3, -0.25) is 19.2 Å². The molecule has 11 heteroatoms. The minimum absolute atomic E-state index is 0.0329. The Morgan fingerprint density at radius 3 is 2.08 bits per heavy atom. The number of hydrogen-bond acceptors (Lipinski definition) is 8. The van der Waals surface area contributed by atoms with Crippen LogP contribution in [0, 0.1) is 23.2 Å². The molecule has 4 aliphatic rings. The van der Waals surface area contributed by atoms with Crippen LogP contribution in [0.5, 0.6) is 0 Å². The average molecular weight is 814 g/mol. The van der Waals surface area contributed by atoms with Gasteiger partial charge in [-0.05, 0) is 91.3 Å². The standard InChI is InChI=1S/C48H72BN3O7/c1-9-11-13-15-39(40(54)27-32(4)49-58-43-29-38-28-42(47(38,6)7)48(43,8)59-49)51-46(57)31(3)26-41(55)45(33(5)53)52-44(56)24-25-50-30-35-18-22-37(23-19-35)36-20-16-34(17-21-36)14-12-10-2/h16-23,31-33,38-39,42-43,45,50,53H,9-15,24-30H2,1-8H3,(H,51,57)(H,52,56)/t31-,32-,33-,38+,39+,42+,43?,45+,48+/m1/s1. The topological polar surface area (TPSA) is 143 Å². The molecule has 0 radical (unpaired) electrons. The molecule has 6 rings (SSSR count). The van der Waals surface area contributed by atoms with E-state index in [4.69, 9.17) is 9.31 Å². The van der Waals surface area contributed by atoms with Gasteiger partial charge in [-0.15, -0.1) is 0 Å². The van der Waals surface area contributed by atoms with Gasteiger partial charge >= 0.3 is 7.12 Å². The van der Waals surface area contributed by atoms with Gasteiger partial charge in [0, 0.05) is 38.3 Å². The van der Waals surface area contributed by atoms with E-state index in [9.17, 15) is 24.3 Å². The molecule has 10 nitrogen and oxygen atoms in total. The molecule has 1 aliphatic heterocycles. The minimum atomic E-state index is -1.15. The van der Waals surface area contributed by atoms with Crippen molar-refractivity contribution in [3.8, 4) is 11.1 Å². The number of aliphatic hydroxyl groups excluding tert-OH is 1. The van der Waals surface area contributed by atoms with Crippen LogP contribution in [0.25, 0.3) is 11.1 Å². The van der Waals surface area contributed by atoms with E-state index >= 15 is 0 Å². The fourth-order valence-corrected chi connectivity index (χ4v) is 9.66. The Morgan fingerprint density at radius 1 is 0.831 bits per heavy atom. The minimum Gasteiger partial charge on any atom is -0.405 e. The van der Waals surface area contributed by atoms with Gasteiger partial charge in [-0.25, -0.2) is 0 Å². The Bertz CT molecular complexity index is 1720. The van der Waals surface area contributed by atoms with Crippen molar-refractivity contribution in [3.63, 3.8) is 0 Å². The van der Waals surface area contributed by atoms with E-state index in [1.807, 2.05) is 6.92 Å². The molecule has 2 aromatic carbocycles. The van der Waals surface area contributed by atoms with E-state index in [0.29, 0.717) is 31.3 Å². The molecule has 59 heavy (non-hydrogen) atoms. The summed E-state index contributed by atoms with van der Waals surface area (Å²) >= 11 is 0. The summed E-state index contributed by atoms with van der Waals surface area (Å²) in [5.41, 5.74) is 4.65. The van der Waals surface area contributed by atoms with E-state index in [1.165, 1.54) is 30.9 Å². The summed E-state index contributed by atoms with van der Waals surface area (Å²) in [5.74, 6) is -1.16. The Labute approximate surface area is 354 Å². The van der Waals surface area contributed by atoms with Crippen molar-refractivity contribution in [1.82, 2.24) is 16.0 Å². The van der Waals surface area contributed by atoms with Gasteiger partial charge < -0.3 is 30.4 Å². The molecular formula is C48H72BN3O7. The summed E-state index contributed by atoms with van der Waals surface area (Å²) in [6.45, 7) is 17.2. The molecule has 3 saturated carbocycles. The quantitative estimate of drug-likeness (QED) is 0.0622. The molecule has 3 aliphatic carbocycles. The van der Waals surface area contributed by atoms with Crippen molar-refractivity contribution < 1.29 is 33.6 Å². The normalized spacial score (nSPS) is 24.2. The molecule has 4 N–H and O–H groups in total. The van der Waals surface area contributed by atoms with E-state index in [-0.39, 0.29) is 53.9 Å². The van der Waals surface area contributed by atoms with E-state index < -0.39 is 42.9 Å². The zero-order chi connectivity index (χ0) is 42.9. The summed E-state index contributed by atoms with van der Waals surface area (Å²) in [5, 5.41) is 19.4. The summed E-state index contributed by atoms with van der Waals surface area (Å²) in [6, 6.07) is 15.2. The van der Waals surface area contributed by atoms with Gasteiger partial charge in [0.15, 0.2) is 11.6 Å². The lowest BCUT2D eigenvalue weighted by Gasteiger charge is -2.64. The highest BCUT2D eigenvalue weighted by Crippen LogP contribution is 2.66. The molecule has 324 valence electrons. The van der Waals surface area contributed by atoms with Crippen LogP contribution in [0.15, 0.2) is 48.5 Å². The monoisotopic (exact) mass is 814 g/mol. The van der Waals surface area contributed by atoms with Gasteiger partial charge in [0.1, 0.15) is 6.04 Å².